The Morgan fingerprint density at radius 1 is 0.906 bits per heavy atom. The molecule has 0 bridgehead atoms. The van der Waals surface area contributed by atoms with E-state index < -0.39 is 15.9 Å². The number of anilines is 2. The highest BCUT2D eigenvalue weighted by atomic mass is 32.2. The number of nitrogen functional groups attached to an aromatic ring is 1. The standard InChI is InChI=1S/C23H23N3O5S/c1-26(2)32(29,30)18-13-9-16(10-14-18)23(28)25-21-19(5-4-6-20(21)24)22(27)15-7-11-17(31-3)12-8-15/h4-14H,24H2,1-3H3,(H,25,28). The highest BCUT2D eigenvalue weighted by molar-refractivity contribution is 7.89. The summed E-state index contributed by atoms with van der Waals surface area (Å²) in [7, 11) is 0.774. The van der Waals surface area contributed by atoms with Crippen molar-refractivity contribution in [2.24, 2.45) is 0 Å². The van der Waals surface area contributed by atoms with Gasteiger partial charge in [-0.2, -0.15) is 0 Å². The van der Waals surface area contributed by atoms with Gasteiger partial charge in [0, 0.05) is 30.8 Å². The predicted molar refractivity (Wildman–Crippen MR) is 123 cm³/mol. The van der Waals surface area contributed by atoms with Gasteiger partial charge in [0.05, 0.1) is 23.4 Å². The molecular weight excluding hydrogens is 430 g/mol. The van der Waals surface area contributed by atoms with Gasteiger partial charge in [-0.3, -0.25) is 9.59 Å². The molecule has 0 saturated carbocycles. The molecule has 32 heavy (non-hydrogen) atoms. The van der Waals surface area contributed by atoms with Crippen molar-refractivity contribution in [3.63, 3.8) is 0 Å². The number of hydrogen-bond donors (Lipinski definition) is 2. The Balaban J connectivity index is 1.89. The number of carbonyl (C=O) groups is 2. The molecule has 3 aromatic rings. The fourth-order valence-electron chi connectivity index (χ4n) is 2.97. The third-order valence-corrected chi connectivity index (χ3v) is 6.66. The van der Waals surface area contributed by atoms with E-state index in [0.29, 0.717) is 11.3 Å². The molecule has 0 aliphatic heterocycles. The van der Waals surface area contributed by atoms with E-state index in [1.54, 1.807) is 42.5 Å². The van der Waals surface area contributed by atoms with E-state index in [1.807, 2.05) is 0 Å². The van der Waals surface area contributed by atoms with Crippen LogP contribution in [0.1, 0.15) is 26.3 Å². The number of nitrogens with two attached hydrogens (primary N) is 1. The Kier molecular flexibility index (Phi) is 6.61. The van der Waals surface area contributed by atoms with E-state index in [4.69, 9.17) is 10.5 Å². The first-order chi connectivity index (χ1) is 15.1. The summed E-state index contributed by atoms with van der Waals surface area (Å²) in [5.74, 6) is -0.231. The largest absolute Gasteiger partial charge is 0.497 e. The summed E-state index contributed by atoms with van der Waals surface area (Å²) in [4.78, 5) is 25.9. The van der Waals surface area contributed by atoms with Crippen molar-refractivity contribution in [1.82, 2.24) is 4.31 Å². The number of ether oxygens (including phenoxy) is 1. The second-order valence-corrected chi connectivity index (χ2v) is 9.25. The second kappa shape index (κ2) is 9.21. The molecule has 3 N–H and O–H groups in total. The SMILES string of the molecule is COc1ccc(C(=O)c2cccc(N)c2NC(=O)c2ccc(S(=O)(=O)N(C)C)cc2)cc1. The number of para-hydroxylation sites is 1. The van der Waals surface area contributed by atoms with Crippen molar-refractivity contribution < 1.29 is 22.7 Å². The zero-order chi connectivity index (χ0) is 23.5. The van der Waals surface area contributed by atoms with Gasteiger partial charge in [0.2, 0.25) is 10.0 Å². The number of carbonyl (C=O) groups excluding carboxylic acids is 2. The van der Waals surface area contributed by atoms with Crippen LogP contribution >= 0.6 is 0 Å². The van der Waals surface area contributed by atoms with Crippen molar-refractivity contribution in [3.05, 3.63) is 83.4 Å². The van der Waals surface area contributed by atoms with E-state index in [0.717, 1.165) is 4.31 Å². The van der Waals surface area contributed by atoms with Crippen LogP contribution in [0.2, 0.25) is 0 Å². The van der Waals surface area contributed by atoms with Crippen LogP contribution in [0.25, 0.3) is 0 Å². The van der Waals surface area contributed by atoms with Crippen LogP contribution in [0.3, 0.4) is 0 Å². The van der Waals surface area contributed by atoms with Crippen LogP contribution in [-0.4, -0.2) is 45.6 Å². The summed E-state index contributed by atoms with van der Waals surface area (Å²) in [6, 6.07) is 16.9. The normalized spacial score (nSPS) is 11.2. The van der Waals surface area contributed by atoms with Gasteiger partial charge in [0.25, 0.3) is 5.91 Å². The maximum Gasteiger partial charge on any atom is 0.255 e. The molecule has 0 radical (unpaired) electrons. The number of benzene rings is 3. The van der Waals surface area contributed by atoms with Gasteiger partial charge in [-0.25, -0.2) is 12.7 Å². The minimum atomic E-state index is -3.61. The average molecular weight is 454 g/mol. The Labute approximate surface area is 186 Å². The van der Waals surface area contributed by atoms with Crippen molar-refractivity contribution in [1.29, 1.82) is 0 Å². The van der Waals surface area contributed by atoms with Crippen LogP contribution in [0.4, 0.5) is 11.4 Å². The van der Waals surface area contributed by atoms with Gasteiger partial charge >= 0.3 is 0 Å². The molecule has 0 spiro atoms. The summed E-state index contributed by atoms with van der Waals surface area (Å²) in [6.07, 6.45) is 0. The van der Waals surface area contributed by atoms with E-state index in [1.165, 1.54) is 45.5 Å². The molecule has 3 aromatic carbocycles. The van der Waals surface area contributed by atoms with E-state index in [2.05, 4.69) is 5.32 Å². The summed E-state index contributed by atoms with van der Waals surface area (Å²) in [5.41, 5.74) is 7.32. The number of rotatable bonds is 7. The first kappa shape index (κ1) is 23.0. The smallest absolute Gasteiger partial charge is 0.255 e. The number of nitrogens with one attached hydrogen (secondary N) is 1. The average Bonchev–Trinajstić information content (AvgIpc) is 2.80. The van der Waals surface area contributed by atoms with Gasteiger partial charge in [0.15, 0.2) is 5.78 Å². The third-order valence-electron chi connectivity index (χ3n) is 4.83. The molecule has 0 heterocycles. The summed E-state index contributed by atoms with van der Waals surface area (Å²) in [6.45, 7) is 0. The lowest BCUT2D eigenvalue weighted by molar-refractivity contribution is 0.102. The minimum absolute atomic E-state index is 0.0636. The quantitative estimate of drug-likeness (QED) is 0.419. The Morgan fingerprint density at radius 2 is 1.50 bits per heavy atom. The topological polar surface area (TPSA) is 119 Å². The molecule has 0 aliphatic rings. The van der Waals surface area contributed by atoms with Gasteiger partial charge in [-0.15, -0.1) is 0 Å². The molecule has 8 nitrogen and oxygen atoms in total. The van der Waals surface area contributed by atoms with Gasteiger partial charge in [-0.1, -0.05) is 6.07 Å². The molecule has 0 aliphatic carbocycles. The molecule has 0 fully saturated rings. The van der Waals surface area contributed by atoms with Crippen molar-refractivity contribution in [2.45, 2.75) is 4.90 Å². The molecule has 0 unspecified atom stereocenters. The number of amides is 1. The highest BCUT2D eigenvalue weighted by Gasteiger charge is 2.20. The fourth-order valence-corrected chi connectivity index (χ4v) is 3.87. The zero-order valence-electron chi connectivity index (χ0n) is 17.8. The number of methoxy groups -OCH3 is 1. The number of ketones is 1. The van der Waals surface area contributed by atoms with E-state index in [-0.39, 0.29) is 33.2 Å². The lowest BCUT2D eigenvalue weighted by atomic mass is 10.0. The first-order valence-corrected chi connectivity index (χ1v) is 11.0. The van der Waals surface area contributed by atoms with Crippen LogP contribution in [0.5, 0.6) is 5.75 Å². The first-order valence-electron chi connectivity index (χ1n) is 9.56. The zero-order valence-corrected chi connectivity index (χ0v) is 18.6. The lowest BCUT2D eigenvalue weighted by Gasteiger charge is -2.14. The summed E-state index contributed by atoms with van der Waals surface area (Å²) >= 11 is 0. The number of sulfonamides is 1. The fraction of sp³-hybridized carbons (Fsp3) is 0.130. The van der Waals surface area contributed by atoms with Crippen LogP contribution < -0.4 is 15.8 Å². The van der Waals surface area contributed by atoms with Crippen LogP contribution in [0, 0.1) is 0 Å². The maximum atomic E-state index is 13.0. The Morgan fingerprint density at radius 3 is 2.06 bits per heavy atom. The second-order valence-electron chi connectivity index (χ2n) is 7.09. The predicted octanol–water partition coefficient (Wildman–Crippen LogP) is 3.01. The lowest BCUT2D eigenvalue weighted by Crippen LogP contribution is -2.22. The van der Waals surface area contributed by atoms with Crippen molar-refractivity contribution in [3.8, 4) is 5.75 Å². The van der Waals surface area contributed by atoms with E-state index in [9.17, 15) is 18.0 Å². The molecular formula is C23H23N3O5S. The molecule has 3 rings (SSSR count). The van der Waals surface area contributed by atoms with Gasteiger partial charge in [-0.05, 0) is 60.7 Å². The Bertz CT molecular complexity index is 1250. The molecule has 166 valence electrons. The number of hydrogen-bond acceptors (Lipinski definition) is 6. The monoisotopic (exact) mass is 453 g/mol. The van der Waals surface area contributed by atoms with Crippen molar-refractivity contribution in [2.75, 3.05) is 32.3 Å². The van der Waals surface area contributed by atoms with Gasteiger partial charge < -0.3 is 15.8 Å². The van der Waals surface area contributed by atoms with E-state index >= 15 is 0 Å². The highest BCUT2D eigenvalue weighted by Crippen LogP contribution is 2.27. The number of nitrogens with zero attached hydrogens (tertiary/aromatic N) is 1. The molecule has 1 amide bonds. The molecule has 9 heteroatoms. The summed E-state index contributed by atoms with van der Waals surface area (Å²) in [5, 5.41) is 2.68. The molecule has 0 aromatic heterocycles. The molecule has 0 atom stereocenters. The van der Waals surface area contributed by atoms with Crippen LogP contribution in [0.15, 0.2) is 71.6 Å². The third kappa shape index (κ3) is 4.63. The van der Waals surface area contributed by atoms with Crippen LogP contribution in [-0.2, 0) is 10.0 Å². The summed E-state index contributed by atoms with van der Waals surface area (Å²) < 4.78 is 30.6. The maximum absolute atomic E-state index is 13.0. The van der Waals surface area contributed by atoms with Gasteiger partial charge in [0.1, 0.15) is 5.75 Å². The van der Waals surface area contributed by atoms with Crippen molar-refractivity contribution >= 4 is 33.1 Å². The molecule has 0 saturated heterocycles. The minimum Gasteiger partial charge on any atom is -0.497 e. The Hall–Kier alpha value is -3.69.